The van der Waals surface area contributed by atoms with Crippen molar-refractivity contribution in [2.75, 3.05) is 0 Å². The molecular formula is C17H23NO3. The van der Waals surface area contributed by atoms with Gasteiger partial charge >= 0.3 is 5.97 Å². The van der Waals surface area contributed by atoms with Crippen molar-refractivity contribution in [1.82, 2.24) is 5.32 Å². The first-order valence-electron chi connectivity index (χ1n) is 7.72. The summed E-state index contributed by atoms with van der Waals surface area (Å²) in [6, 6.07) is 4.03. The minimum absolute atomic E-state index is 0.0932. The van der Waals surface area contributed by atoms with Gasteiger partial charge in [0.15, 0.2) is 0 Å². The SMILES string of the molecule is Cc1cc(CNC2C3CCC(C3)C2C(=O)O)cc(C)c1O. The molecule has 2 saturated carbocycles. The molecule has 4 unspecified atom stereocenters. The lowest BCUT2D eigenvalue weighted by Crippen LogP contribution is -2.43. The molecule has 2 bridgehead atoms. The number of rotatable bonds is 4. The van der Waals surface area contributed by atoms with Crippen LogP contribution < -0.4 is 5.32 Å². The summed E-state index contributed by atoms with van der Waals surface area (Å²) in [5.41, 5.74) is 2.85. The van der Waals surface area contributed by atoms with Gasteiger partial charge in [0.1, 0.15) is 5.75 Å². The Hall–Kier alpha value is -1.55. The van der Waals surface area contributed by atoms with Crippen LogP contribution in [0.15, 0.2) is 12.1 Å². The fourth-order valence-electron chi connectivity index (χ4n) is 4.32. The largest absolute Gasteiger partial charge is 0.507 e. The van der Waals surface area contributed by atoms with E-state index in [4.69, 9.17) is 0 Å². The predicted molar refractivity (Wildman–Crippen MR) is 80.2 cm³/mol. The van der Waals surface area contributed by atoms with Crippen LogP contribution in [0.25, 0.3) is 0 Å². The summed E-state index contributed by atoms with van der Waals surface area (Å²) in [5.74, 6) is 0.326. The van der Waals surface area contributed by atoms with Gasteiger partial charge in [0.05, 0.1) is 5.92 Å². The minimum atomic E-state index is -0.655. The molecule has 114 valence electrons. The second kappa shape index (κ2) is 5.34. The van der Waals surface area contributed by atoms with Gasteiger partial charge in [-0.25, -0.2) is 0 Å². The monoisotopic (exact) mass is 289 g/mol. The smallest absolute Gasteiger partial charge is 0.308 e. The van der Waals surface area contributed by atoms with Crippen molar-refractivity contribution >= 4 is 5.97 Å². The van der Waals surface area contributed by atoms with Crippen molar-refractivity contribution in [2.45, 2.75) is 45.7 Å². The van der Waals surface area contributed by atoms with E-state index in [9.17, 15) is 15.0 Å². The van der Waals surface area contributed by atoms with Gasteiger partial charge in [-0.1, -0.05) is 12.1 Å². The van der Waals surface area contributed by atoms with E-state index < -0.39 is 5.97 Å². The molecule has 3 rings (SSSR count). The van der Waals surface area contributed by atoms with Crippen molar-refractivity contribution in [3.8, 4) is 5.75 Å². The summed E-state index contributed by atoms with van der Waals surface area (Å²) in [6.07, 6.45) is 3.28. The highest BCUT2D eigenvalue weighted by molar-refractivity contribution is 5.72. The normalized spacial score (nSPS) is 30.8. The molecule has 1 aromatic rings. The number of benzene rings is 1. The van der Waals surface area contributed by atoms with Gasteiger partial charge in [-0.2, -0.15) is 0 Å². The summed E-state index contributed by atoms with van der Waals surface area (Å²) >= 11 is 0. The highest BCUT2D eigenvalue weighted by Gasteiger charge is 2.50. The van der Waals surface area contributed by atoms with E-state index in [1.165, 1.54) is 0 Å². The van der Waals surface area contributed by atoms with E-state index in [2.05, 4.69) is 5.32 Å². The summed E-state index contributed by atoms with van der Waals surface area (Å²) in [4.78, 5) is 11.5. The molecule has 0 aromatic heterocycles. The van der Waals surface area contributed by atoms with E-state index >= 15 is 0 Å². The van der Waals surface area contributed by atoms with Crippen molar-refractivity contribution < 1.29 is 15.0 Å². The molecule has 0 heterocycles. The number of carboxylic acids is 1. The lowest BCUT2D eigenvalue weighted by molar-refractivity contribution is -0.144. The Balaban J connectivity index is 1.71. The number of carbonyl (C=O) groups is 1. The topological polar surface area (TPSA) is 69.6 Å². The van der Waals surface area contributed by atoms with Gasteiger partial charge in [-0.05, 0) is 61.6 Å². The molecule has 2 fully saturated rings. The number of aromatic hydroxyl groups is 1. The summed E-state index contributed by atoms with van der Waals surface area (Å²) < 4.78 is 0. The Kier molecular flexibility index (Phi) is 3.66. The number of aliphatic carboxylic acids is 1. The van der Waals surface area contributed by atoms with Gasteiger partial charge in [-0.3, -0.25) is 4.79 Å². The number of phenols is 1. The van der Waals surface area contributed by atoms with Crippen molar-refractivity contribution in [1.29, 1.82) is 0 Å². The Morgan fingerprint density at radius 2 is 1.86 bits per heavy atom. The lowest BCUT2D eigenvalue weighted by Gasteiger charge is -2.29. The predicted octanol–water partition coefficient (Wildman–Crippen LogP) is 2.60. The Morgan fingerprint density at radius 3 is 2.48 bits per heavy atom. The third-order valence-corrected chi connectivity index (χ3v) is 5.29. The van der Waals surface area contributed by atoms with Gasteiger partial charge in [-0.15, -0.1) is 0 Å². The third kappa shape index (κ3) is 2.53. The van der Waals surface area contributed by atoms with E-state index in [0.29, 0.717) is 24.1 Å². The number of hydrogen-bond donors (Lipinski definition) is 3. The van der Waals surface area contributed by atoms with Crippen molar-refractivity contribution in [2.24, 2.45) is 17.8 Å². The molecule has 4 atom stereocenters. The van der Waals surface area contributed by atoms with Crippen LogP contribution in [0, 0.1) is 31.6 Å². The molecular weight excluding hydrogens is 266 g/mol. The van der Waals surface area contributed by atoms with E-state index in [1.807, 2.05) is 26.0 Å². The Labute approximate surface area is 125 Å². The van der Waals surface area contributed by atoms with Crippen molar-refractivity contribution in [3.63, 3.8) is 0 Å². The molecule has 21 heavy (non-hydrogen) atoms. The summed E-state index contributed by atoms with van der Waals surface area (Å²) in [7, 11) is 0. The maximum absolute atomic E-state index is 11.5. The second-order valence-corrected chi connectivity index (χ2v) is 6.68. The number of carboxylic acid groups (broad SMARTS) is 1. The summed E-state index contributed by atoms with van der Waals surface area (Å²) in [6.45, 7) is 4.45. The number of hydrogen-bond acceptors (Lipinski definition) is 3. The van der Waals surface area contributed by atoms with Crippen LogP contribution in [0.2, 0.25) is 0 Å². The quantitative estimate of drug-likeness (QED) is 0.797. The van der Waals surface area contributed by atoms with E-state index in [1.54, 1.807) is 0 Å². The first kappa shape index (κ1) is 14.4. The molecule has 4 nitrogen and oxygen atoms in total. The molecule has 0 radical (unpaired) electrons. The van der Waals surface area contributed by atoms with Gasteiger partial charge in [0.25, 0.3) is 0 Å². The first-order valence-corrected chi connectivity index (χ1v) is 7.72. The average Bonchev–Trinajstić information content (AvgIpc) is 3.02. The average molecular weight is 289 g/mol. The third-order valence-electron chi connectivity index (χ3n) is 5.29. The van der Waals surface area contributed by atoms with E-state index in [-0.39, 0.29) is 12.0 Å². The van der Waals surface area contributed by atoms with Crippen LogP contribution in [0.3, 0.4) is 0 Å². The number of nitrogens with one attached hydrogen (secondary N) is 1. The second-order valence-electron chi connectivity index (χ2n) is 6.68. The van der Waals surface area contributed by atoms with Crippen LogP contribution in [-0.2, 0) is 11.3 Å². The highest BCUT2D eigenvalue weighted by atomic mass is 16.4. The maximum atomic E-state index is 11.5. The lowest BCUT2D eigenvalue weighted by atomic mass is 9.84. The molecule has 0 aliphatic heterocycles. The fraction of sp³-hybridized carbons (Fsp3) is 0.588. The zero-order chi connectivity index (χ0) is 15.1. The molecule has 1 aromatic carbocycles. The molecule has 3 N–H and O–H groups in total. The van der Waals surface area contributed by atoms with Crippen LogP contribution in [-0.4, -0.2) is 22.2 Å². The minimum Gasteiger partial charge on any atom is -0.507 e. The zero-order valence-corrected chi connectivity index (χ0v) is 12.6. The van der Waals surface area contributed by atoms with Crippen LogP contribution in [0.5, 0.6) is 5.75 Å². The first-order chi connectivity index (χ1) is 9.97. The van der Waals surface area contributed by atoms with Gasteiger partial charge in [0, 0.05) is 12.6 Å². The molecule has 0 amide bonds. The molecule has 0 spiro atoms. The standard InChI is InChI=1S/C17H23NO3/c1-9-5-11(6-10(2)16(9)19)8-18-15-13-4-3-12(7-13)14(15)17(20)21/h5-6,12-15,18-19H,3-4,7-8H2,1-2H3,(H,20,21). The van der Waals surface area contributed by atoms with Crippen LogP contribution in [0.4, 0.5) is 0 Å². The van der Waals surface area contributed by atoms with Crippen LogP contribution >= 0.6 is 0 Å². The van der Waals surface area contributed by atoms with Crippen LogP contribution in [0.1, 0.15) is 36.0 Å². The summed E-state index contributed by atoms with van der Waals surface area (Å²) in [5, 5.41) is 22.7. The molecule has 0 saturated heterocycles. The van der Waals surface area contributed by atoms with Gasteiger partial charge < -0.3 is 15.5 Å². The number of fused-ring (bicyclic) bond motifs is 2. The Bertz CT molecular complexity index is 546. The number of phenolic OH excluding ortho intramolecular Hbond substituents is 1. The maximum Gasteiger partial charge on any atom is 0.308 e. The zero-order valence-electron chi connectivity index (χ0n) is 12.6. The van der Waals surface area contributed by atoms with Crippen molar-refractivity contribution in [3.05, 3.63) is 28.8 Å². The molecule has 2 aliphatic rings. The molecule has 4 heteroatoms. The number of aryl methyl sites for hydroxylation is 2. The van der Waals surface area contributed by atoms with E-state index in [0.717, 1.165) is 36.0 Å². The highest BCUT2D eigenvalue weighted by Crippen LogP contribution is 2.48. The molecule has 2 aliphatic carbocycles. The fourth-order valence-corrected chi connectivity index (χ4v) is 4.32. The Morgan fingerprint density at radius 1 is 1.24 bits per heavy atom. The van der Waals surface area contributed by atoms with Gasteiger partial charge in [0.2, 0.25) is 0 Å².